The molecule has 0 saturated heterocycles. The Bertz CT molecular complexity index is 672. The lowest BCUT2D eigenvalue weighted by molar-refractivity contribution is -0.116. The summed E-state index contributed by atoms with van der Waals surface area (Å²) in [5, 5.41) is 6.33. The van der Waals surface area contributed by atoms with Crippen molar-refractivity contribution in [1.29, 1.82) is 0 Å². The Morgan fingerprint density at radius 1 is 1.19 bits per heavy atom. The molecule has 1 aromatic carbocycles. The number of carbonyl (C=O) groups is 1. The third-order valence-electron chi connectivity index (χ3n) is 3.95. The Balaban J connectivity index is 1.70. The predicted molar refractivity (Wildman–Crippen MR) is 103 cm³/mol. The number of carbonyl (C=O) groups excluding carboxylic acids is 1. The highest BCUT2D eigenvalue weighted by molar-refractivity contribution is 5.78. The number of anilines is 1. The molecule has 0 aliphatic rings. The zero-order valence-electron chi connectivity index (χ0n) is 15.6. The van der Waals surface area contributed by atoms with Gasteiger partial charge >= 0.3 is 0 Å². The number of methoxy groups -OCH3 is 1. The SMILES string of the molecule is CNc1ccc(C(CNCCOc2ccc(CC(C)=O)cc2)OC)cn1. The van der Waals surface area contributed by atoms with E-state index in [4.69, 9.17) is 9.47 Å². The van der Waals surface area contributed by atoms with Gasteiger partial charge in [0.1, 0.15) is 24.0 Å². The number of Topliss-reactive ketones (excluding diaryl/α,β-unsaturated/α-hetero) is 1. The maximum atomic E-state index is 11.1. The van der Waals surface area contributed by atoms with Crippen LogP contribution in [-0.4, -0.2) is 44.6 Å². The van der Waals surface area contributed by atoms with Gasteiger partial charge in [-0.25, -0.2) is 4.98 Å². The van der Waals surface area contributed by atoms with Crippen LogP contribution in [0.4, 0.5) is 5.82 Å². The number of pyridine rings is 1. The number of rotatable bonds is 11. The summed E-state index contributed by atoms with van der Waals surface area (Å²) in [5.41, 5.74) is 2.03. The fourth-order valence-corrected chi connectivity index (χ4v) is 2.55. The van der Waals surface area contributed by atoms with Crippen molar-refractivity contribution in [3.8, 4) is 5.75 Å². The molecule has 26 heavy (non-hydrogen) atoms. The second-order valence-corrected chi connectivity index (χ2v) is 6.03. The predicted octanol–water partition coefficient (Wildman–Crippen LogP) is 2.61. The summed E-state index contributed by atoms with van der Waals surface area (Å²) in [6.45, 7) is 3.53. The number of aromatic nitrogens is 1. The molecule has 0 radical (unpaired) electrons. The number of ketones is 1. The summed E-state index contributed by atoms with van der Waals surface area (Å²) in [5.74, 6) is 1.79. The molecule has 6 heteroatoms. The highest BCUT2D eigenvalue weighted by Gasteiger charge is 2.10. The number of nitrogens with zero attached hydrogens (tertiary/aromatic N) is 1. The Labute approximate surface area is 154 Å². The molecule has 6 nitrogen and oxygen atoms in total. The minimum atomic E-state index is -0.0562. The molecule has 140 valence electrons. The van der Waals surface area contributed by atoms with Crippen LogP contribution in [0.2, 0.25) is 0 Å². The van der Waals surface area contributed by atoms with E-state index < -0.39 is 0 Å². The molecule has 0 fully saturated rings. The number of benzene rings is 1. The first-order valence-corrected chi connectivity index (χ1v) is 8.70. The molecule has 0 amide bonds. The first kappa shape index (κ1) is 19.9. The molecule has 0 bridgehead atoms. The molecule has 0 aliphatic carbocycles. The van der Waals surface area contributed by atoms with Crippen molar-refractivity contribution < 1.29 is 14.3 Å². The summed E-state index contributed by atoms with van der Waals surface area (Å²) in [7, 11) is 3.53. The fraction of sp³-hybridized carbons (Fsp3) is 0.400. The van der Waals surface area contributed by atoms with Crippen LogP contribution in [0.5, 0.6) is 5.75 Å². The van der Waals surface area contributed by atoms with Crippen LogP contribution in [0.15, 0.2) is 42.6 Å². The molecule has 0 spiro atoms. The van der Waals surface area contributed by atoms with Gasteiger partial charge in [0.2, 0.25) is 0 Å². The van der Waals surface area contributed by atoms with E-state index in [0.29, 0.717) is 26.1 Å². The second kappa shape index (κ2) is 10.5. The van der Waals surface area contributed by atoms with Gasteiger partial charge < -0.3 is 20.1 Å². The lowest BCUT2D eigenvalue weighted by Crippen LogP contribution is -2.27. The van der Waals surface area contributed by atoms with Crippen molar-refractivity contribution in [2.24, 2.45) is 0 Å². The third-order valence-corrected chi connectivity index (χ3v) is 3.95. The highest BCUT2D eigenvalue weighted by Crippen LogP contribution is 2.16. The van der Waals surface area contributed by atoms with Crippen LogP contribution in [0.25, 0.3) is 0 Å². The van der Waals surface area contributed by atoms with Gasteiger partial charge in [-0.2, -0.15) is 0 Å². The number of hydrogen-bond donors (Lipinski definition) is 2. The average molecular weight is 357 g/mol. The van der Waals surface area contributed by atoms with Gasteiger partial charge in [-0.1, -0.05) is 18.2 Å². The van der Waals surface area contributed by atoms with Crippen molar-refractivity contribution in [2.45, 2.75) is 19.4 Å². The van der Waals surface area contributed by atoms with E-state index in [1.807, 2.05) is 49.6 Å². The maximum Gasteiger partial charge on any atom is 0.134 e. The Morgan fingerprint density at radius 3 is 2.54 bits per heavy atom. The van der Waals surface area contributed by atoms with Crippen LogP contribution in [0.3, 0.4) is 0 Å². The van der Waals surface area contributed by atoms with Crippen molar-refractivity contribution >= 4 is 11.6 Å². The van der Waals surface area contributed by atoms with Crippen molar-refractivity contribution in [3.05, 3.63) is 53.7 Å². The normalized spacial score (nSPS) is 11.8. The van der Waals surface area contributed by atoms with Gasteiger partial charge in [-0.3, -0.25) is 4.79 Å². The van der Waals surface area contributed by atoms with E-state index in [1.54, 1.807) is 14.0 Å². The van der Waals surface area contributed by atoms with Crippen LogP contribution >= 0.6 is 0 Å². The molecule has 1 heterocycles. The molecular formula is C20H27N3O3. The van der Waals surface area contributed by atoms with E-state index >= 15 is 0 Å². The van der Waals surface area contributed by atoms with Gasteiger partial charge in [0.15, 0.2) is 0 Å². The van der Waals surface area contributed by atoms with E-state index in [0.717, 1.165) is 22.7 Å². The summed E-state index contributed by atoms with van der Waals surface area (Å²) in [6, 6.07) is 11.6. The second-order valence-electron chi connectivity index (χ2n) is 6.03. The quantitative estimate of drug-likeness (QED) is 0.602. The van der Waals surface area contributed by atoms with Crippen LogP contribution in [0, 0.1) is 0 Å². The van der Waals surface area contributed by atoms with E-state index in [9.17, 15) is 4.79 Å². The van der Waals surface area contributed by atoms with E-state index in [2.05, 4.69) is 15.6 Å². The lowest BCUT2D eigenvalue weighted by Gasteiger charge is -2.17. The van der Waals surface area contributed by atoms with Crippen molar-refractivity contribution in [1.82, 2.24) is 10.3 Å². The largest absolute Gasteiger partial charge is 0.492 e. The minimum absolute atomic E-state index is 0.0562. The zero-order chi connectivity index (χ0) is 18.8. The maximum absolute atomic E-state index is 11.1. The molecule has 1 aromatic heterocycles. The minimum Gasteiger partial charge on any atom is -0.492 e. The molecular weight excluding hydrogens is 330 g/mol. The summed E-state index contributed by atoms with van der Waals surface area (Å²) >= 11 is 0. The summed E-state index contributed by atoms with van der Waals surface area (Å²) in [6.07, 6.45) is 2.23. The van der Waals surface area contributed by atoms with Gasteiger partial charge in [0.05, 0.1) is 6.10 Å². The average Bonchev–Trinajstić information content (AvgIpc) is 2.66. The van der Waals surface area contributed by atoms with E-state index in [1.165, 1.54) is 0 Å². The molecule has 2 aromatic rings. The number of ether oxygens (including phenoxy) is 2. The molecule has 0 aliphatic heterocycles. The molecule has 0 saturated carbocycles. The van der Waals surface area contributed by atoms with Crippen molar-refractivity contribution in [2.75, 3.05) is 39.2 Å². The number of hydrogen-bond acceptors (Lipinski definition) is 6. The Hall–Kier alpha value is -2.44. The smallest absolute Gasteiger partial charge is 0.134 e. The Morgan fingerprint density at radius 2 is 1.96 bits per heavy atom. The fourth-order valence-electron chi connectivity index (χ4n) is 2.55. The van der Waals surface area contributed by atoms with Crippen LogP contribution < -0.4 is 15.4 Å². The van der Waals surface area contributed by atoms with E-state index in [-0.39, 0.29) is 11.9 Å². The summed E-state index contributed by atoms with van der Waals surface area (Å²) < 4.78 is 11.2. The van der Waals surface area contributed by atoms with Gasteiger partial charge in [0, 0.05) is 45.4 Å². The van der Waals surface area contributed by atoms with Crippen LogP contribution in [-0.2, 0) is 16.0 Å². The first-order valence-electron chi connectivity index (χ1n) is 8.70. The monoisotopic (exact) mass is 357 g/mol. The molecule has 1 unspecified atom stereocenters. The van der Waals surface area contributed by atoms with Crippen molar-refractivity contribution in [3.63, 3.8) is 0 Å². The summed E-state index contributed by atoms with van der Waals surface area (Å²) in [4.78, 5) is 15.4. The third kappa shape index (κ3) is 6.46. The zero-order valence-corrected chi connectivity index (χ0v) is 15.6. The first-order chi connectivity index (χ1) is 12.6. The van der Waals surface area contributed by atoms with Gasteiger partial charge in [0.25, 0.3) is 0 Å². The molecule has 2 N–H and O–H groups in total. The Kier molecular flexibility index (Phi) is 8.05. The standard InChI is InChI=1S/C20H27N3O3/c1-15(24)12-16-4-7-18(8-5-16)26-11-10-22-14-19(25-3)17-6-9-20(21-2)23-13-17/h4-9,13,19,22H,10-12,14H2,1-3H3,(H,21,23). The molecule has 2 rings (SSSR count). The van der Waals surface area contributed by atoms with Gasteiger partial charge in [-0.15, -0.1) is 0 Å². The number of nitrogens with one attached hydrogen (secondary N) is 2. The van der Waals surface area contributed by atoms with Crippen LogP contribution in [0.1, 0.15) is 24.2 Å². The van der Waals surface area contributed by atoms with Gasteiger partial charge in [-0.05, 0) is 30.7 Å². The highest BCUT2D eigenvalue weighted by atomic mass is 16.5. The lowest BCUT2D eigenvalue weighted by atomic mass is 10.1. The molecule has 1 atom stereocenters. The topological polar surface area (TPSA) is 72.5 Å².